The van der Waals surface area contributed by atoms with Gasteiger partial charge in [-0.05, 0) is 42.2 Å². The highest BCUT2D eigenvalue weighted by atomic mass is 16.3. The second-order valence-corrected chi connectivity index (χ2v) is 6.63. The molecule has 0 fully saturated rings. The first-order valence-corrected chi connectivity index (χ1v) is 8.71. The molecule has 4 N–H and O–H groups in total. The first kappa shape index (κ1) is 17.5. The third-order valence-corrected chi connectivity index (χ3v) is 4.44. The SMILES string of the molecule is Cc1cccc(NC(N)=NCC(O)CN2CCc3ccccc3C2)c1. The van der Waals surface area contributed by atoms with Crippen LogP contribution in [0.4, 0.5) is 5.69 Å². The zero-order valence-corrected chi connectivity index (χ0v) is 14.7. The molecular weight excluding hydrogens is 312 g/mol. The predicted molar refractivity (Wildman–Crippen MR) is 103 cm³/mol. The van der Waals surface area contributed by atoms with Gasteiger partial charge in [-0.25, -0.2) is 0 Å². The van der Waals surface area contributed by atoms with Gasteiger partial charge in [0.2, 0.25) is 0 Å². The minimum absolute atomic E-state index is 0.294. The quantitative estimate of drug-likeness (QED) is 0.577. The van der Waals surface area contributed by atoms with E-state index in [-0.39, 0.29) is 0 Å². The second kappa shape index (κ2) is 8.14. The summed E-state index contributed by atoms with van der Waals surface area (Å²) in [5, 5.41) is 13.3. The van der Waals surface area contributed by atoms with Crippen molar-refractivity contribution in [2.45, 2.75) is 26.0 Å². The Morgan fingerprint density at radius 1 is 1.24 bits per heavy atom. The number of guanidine groups is 1. The van der Waals surface area contributed by atoms with E-state index in [0.29, 0.717) is 19.0 Å². The molecule has 2 aromatic carbocycles. The van der Waals surface area contributed by atoms with Gasteiger partial charge < -0.3 is 16.2 Å². The van der Waals surface area contributed by atoms with E-state index < -0.39 is 6.10 Å². The number of β-amino-alcohol motifs (C(OH)–C–C–N with tert-alkyl or cyclic N) is 1. The van der Waals surface area contributed by atoms with Crippen LogP contribution in [0.15, 0.2) is 53.5 Å². The summed E-state index contributed by atoms with van der Waals surface area (Å²) < 4.78 is 0. The van der Waals surface area contributed by atoms with Crippen LogP contribution in [0.3, 0.4) is 0 Å². The van der Waals surface area contributed by atoms with E-state index in [0.717, 1.165) is 30.8 Å². The minimum atomic E-state index is -0.525. The third kappa shape index (κ3) is 5.05. The zero-order valence-electron chi connectivity index (χ0n) is 14.7. The lowest BCUT2D eigenvalue weighted by molar-refractivity contribution is 0.112. The van der Waals surface area contributed by atoms with Crippen LogP contribution in [-0.2, 0) is 13.0 Å². The summed E-state index contributed by atoms with van der Waals surface area (Å²) in [5.41, 5.74) is 10.7. The topological polar surface area (TPSA) is 73.9 Å². The smallest absolute Gasteiger partial charge is 0.193 e. The number of hydrogen-bond acceptors (Lipinski definition) is 3. The number of aliphatic imine (C=N–C) groups is 1. The molecule has 0 radical (unpaired) electrons. The molecule has 5 heteroatoms. The Morgan fingerprint density at radius 3 is 2.84 bits per heavy atom. The number of aliphatic hydroxyl groups is 1. The van der Waals surface area contributed by atoms with E-state index in [2.05, 4.69) is 39.5 Å². The monoisotopic (exact) mass is 338 g/mol. The Bertz CT molecular complexity index is 744. The molecule has 1 aliphatic heterocycles. The minimum Gasteiger partial charge on any atom is -0.390 e. The van der Waals surface area contributed by atoms with E-state index in [1.54, 1.807) is 0 Å². The fraction of sp³-hybridized carbons (Fsp3) is 0.350. The highest BCUT2D eigenvalue weighted by Crippen LogP contribution is 2.18. The average Bonchev–Trinajstić information content (AvgIpc) is 2.60. The van der Waals surface area contributed by atoms with Crippen LogP contribution in [-0.4, -0.2) is 41.7 Å². The number of aryl methyl sites for hydroxylation is 1. The largest absolute Gasteiger partial charge is 0.390 e. The first-order valence-electron chi connectivity index (χ1n) is 8.71. The lowest BCUT2D eigenvalue weighted by Gasteiger charge is -2.30. The van der Waals surface area contributed by atoms with Gasteiger partial charge in [-0.15, -0.1) is 0 Å². The van der Waals surface area contributed by atoms with Crippen LogP contribution in [0.2, 0.25) is 0 Å². The van der Waals surface area contributed by atoms with Crippen molar-refractivity contribution in [1.29, 1.82) is 0 Å². The molecule has 0 saturated carbocycles. The van der Waals surface area contributed by atoms with Crippen molar-refractivity contribution in [3.63, 3.8) is 0 Å². The van der Waals surface area contributed by atoms with Crippen molar-refractivity contribution < 1.29 is 5.11 Å². The van der Waals surface area contributed by atoms with Gasteiger partial charge in [-0.3, -0.25) is 9.89 Å². The van der Waals surface area contributed by atoms with Crippen molar-refractivity contribution >= 4 is 11.6 Å². The number of nitrogens with two attached hydrogens (primary N) is 1. The normalized spacial score (nSPS) is 16.3. The van der Waals surface area contributed by atoms with Gasteiger partial charge in [-0.1, -0.05) is 36.4 Å². The molecule has 0 aliphatic carbocycles. The van der Waals surface area contributed by atoms with Gasteiger partial charge in [-0.2, -0.15) is 0 Å². The van der Waals surface area contributed by atoms with E-state index >= 15 is 0 Å². The number of hydrogen-bond donors (Lipinski definition) is 3. The van der Waals surface area contributed by atoms with Crippen LogP contribution in [0.1, 0.15) is 16.7 Å². The van der Waals surface area contributed by atoms with Crippen molar-refractivity contribution in [3.05, 3.63) is 65.2 Å². The van der Waals surface area contributed by atoms with Crippen LogP contribution in [0.5, 0.6) is 0 Å². The van der Waals surface area contributed by atoms with Gasteiger partial charge in [0.25, 0.3) is 0 Å². The summed E-state index contributed by atoms with van der Waals surface area (Å²) in [4.78, 5) is 6.54. The lowest BCUT2D eigenvalue weighted by atomic mass is 10.00. The summed E-state index contributed by atoms with van der Waals surface area (Å²) >= 11 is 0. The van der Waals surface area contributed by atoms with Crippen LogP contribution >= 0.6 is 0 Å². The highest BCUT2D eigenvalue weighted by Gasteiger charge is 2.18. The summed E-state index contributed by atoms with van der Waals surface area (Å²) in [6.45, 7) is 4.78. The summed E-state index contributed by atoms with van der Waals surface area (Å²) in [6, 6.07) is 16.4. The summed E-state index contributed by atoms with van der Waals surface area (Å²) in [7, 11) is 0. The molecule has 0 aromatic heterocycles. The lowest BCUT2D eigenvalue weighted by Crippen LogP contribution is -2.38. The van der Waals surface area contributed by atoms with Crippen LogP contribution in [0, 0.1) is 6.92 Å². The van der Waals surface area contributed by atoms with E-state index in [4.69, 9.17) is 5.73 Å². The van der Waals surface area contributed by atoms with Gasteiger partial charge in [0.1, 0.15) is 0 Å². The van der Waals surface area contributed by atoms with Crippen LogP contribution in [0.25, 0.3) is 0 Å². The number of fused-ring (bicyclic) bond motifs is 1. The average molecular weight is 338 g/mol. The van der Waals surface area contributed by atoms with Gasteiger partial charge in [0.15, 0.2) is 5.96 Å². The molecular formula is C20H26N4O. The molecule has 1 unspecified atom stereocenters. The Balaban J connectivity index is 1.48. The second-order valence-electron chi connectivity index (χ2n) is 6.63. The Kier molecular flexibility index (Phi) is 5.68. The zero-order chi connectivity index (χ0) is 17.6. The number of aliphatic hydroxyl groups excluding tert-OH is 1. The van der Waals surface area contributed by atoms with Crippen molar-refractivity contribution in [2.24, 2.45) is 10.7 Å². The highest BCUT2D eigenvalue weighted by molar-refractivity contribution is 5.92. The van der Waals surface area contributed by atoms with Gasteiger partial charge >= 0.3 is 0 Å². The Morgan fingerprint density at radius 2 is 2.04 bits per heavy atom. The van der Waals surface area contributed by atoms with Crippen molar-refractivity contribution in [2.75, 3.05) is 25.0 Å². The maximum atomic E-state index is 10.3. The molecule has 0 spiro atoms. The standard InChI is InChI=1S/C20H26N4O/c1-15-5-4-8-18(11-15)23-20(21)22-12-19(25)14-24-10-9-16-6-2-3-7-17(16)13-24/h2-8,11,19,25H,9-10,12-14H2,1H3,(H3,21,22,23). The fourth-order valence-electron chi connectivity index (χ4n) is 3.18. The number of nitrogens with zero attached hydrogens (tertiary/aromatic N) is 2. The Hall–Kier alpha value is -2.37. The van der Waals surface area contributed by atoms with E-state index in [9.17, 15) is 5.11 Å². The molecule has 5 nitrogen and oxygen atoms in total. The van der Waals surface area contributed by atoms with Gasteiger partial charge in [0.05, 0.1) is 12.6 Å². The molecule has 1 atom stereocenters. The maximum Gasteiger partial charge on any atom is 0.193 e. The predicted octanol–water partition coefficient (Wildman–Crippen LogP) is 2.14. The molecule has 0 amide bonds. The fourth-order valence-corrected chi connectivity index (χ4v) is 3.18. The molecule has 132 valence electrons. The van der Waals surface area contributed by atoms with E-state index in [1.165, 1.54) is 11.1 Å². The Labute approximate surface area is 149 Å². The maximum absolute atomic E-state index is 10.3. The number of benzene rings is 2. The molecule has 1 aliphatic rings. The van der Waals surface area contributed by atoms with Gasteiger partial charge in [0, 0.05) is 25.3 Å². The van der Waals surface area contributed by atoms with Crippen molar-refractivity contribution in [3.8, 4) is 0 Å². The molecule has 1 heterocycles. The summed E-state index contributed by atoms with van der Waals surface area (Å²) in [6.07, 6.45) is 0.506. The number of nitrogens with one attached hydrogen (secondary N) is 1. The summed E-state index contributed by atoms with van der Waals surface area (Å²) in [5.74, 6) is 0.327. The molecule has 3 rings (SSSR count). The first-order chi connectivity index (χ1) is 12.1. The number of anilines is 1. The third-order valence-electron chi connectivity index (χ3n) is 4.44. The van der Waals surface area contributed by atoms with Crippen molar-refractivity contribution in [1.82, 2.24) is 4.90 Å². The van der Waals surface area contributed by atoms with Crippen LogP contribution < -0.4 is 11.1 Å². The molecule has 2 aromatic rings. The molecule has 25 heavy (non-hydrogen) atoms. The van der Waals surface area contributed by atoms with E-state index in [1.807, 2.05) is 31.2 Å². The molecule has 0 bridgehead atoms. The number of rotatable bonds is 5. The molecule has 0 saturated heterocycles.